The van der Waals surface area contributed by atoms with E-state index in [0.717, 1.165) is 36.8 Å². The van der Waals surface area contributed by atoms with Crippen molar-refractivity contribution in [3.8, 4) is 27.6 Å². The van der Waals surface area contributed by atoms with Crippen LogP contribution in [0.5, 0.6) is 5.75 Å². The third-order valence-electron chi connectivity index (χ3n) is 3.56. The predicted octanol–water partition coefficient (Wildman–Crippen LogP) is 5.40. The Morgan fingerprint density at radius 2 is 2.07 bits per heavy atom. The number of thiophene rings is 1. The first kappa shape index (κ1) is 20.2. The van der Waals surface area contributed by atoms with Crippen LogP contribution in [-0.2, 0) is 9.63 Å². The minimum absolute atomic E-state index is 0.215. The van der Waals surface area contributed by atoms with Gasteiger partial charge in [-0.25, -0.2) is 9.98 Å². The topological polar surface area (TPSA) is 75.0 Å². The maximum atomic E-state index is 11.1. The zero-order chi connectivity index (χ0) is 20.3. The fourth-order valence-electron chi connectivity index (χ4n) is 2.44. The summed E-state index contributed by atoms with van der Waals surface area (Å²) in [7, 11) is 0. The molecule has 0 atom stereocenters. The molecule has 0 fully saturated rings. The summed E-state index contributed by atoms with van der Waals surface area (Å²) < 4.78 is 0. The van der Waals surface area contributed by atoms with E-state index >= 15 is 0 Å². The molecular weight excluding hydrogens is 394 g/mol. The number of aryl methyl sites for hydroxylation is 1. The average molecular weight is 416 g/mol. The summed E-state index contributed by atoms with van der Waals surface area (Å²) in [6, 6.07) is 8.98. The molecule has 8 heteroatoms. The van der Waals surface area contributed by atoms with Crippen LogP contribution in [0, 0.1) is 6.92 Å². The first-order chi connectivity index (χ1) is 13.2. The SMILES string of the molecule is Cc1sc(N=CN(C=O)OC(C)(C)C)cc1-c1nc(-c2cccc(O)c2)cs1. The van der Waals surface area contributed by atoms with Gasteiger partial charge in [0.15, 0.2) is 0 Å². The molecule has 3 aromatic rings. The van der Waals surface area contributed by atoms with Crippen LogP contribution >= 0.6 is 22.7 Å². The second kappa shape index (κ2) is 8.22. The normalized spacial score (nSPS) is 11.9. The van der Waals surface area contributed by atoms with Crippen LogP contribution in [0.2, 0.25) is 0 Å². The Balaban J connectivity index is 1.81. The lowest BCUT2D eigenvalue weighted by Crippen LogP contribution is -2.32. The number of phenols is 1. The van der Waals surface area contributed by atoms with Gasteiger partial charge in [-0.2, -0.15) is 5.06 Å². The monoisotopic (exact) mass is 415 g/mol. The van der Waals surface area contributed by atoms with Crippen molar-refractivity contribution in [2.24, 2.45) is 4.99 Å². The van der Waals surface area contributed by atoms with E-state index in [1.54, 1.807) is 18.2 Å². The molecular formula is C20H21N3O3S2. The van der Waals surface area contributed by atoms with E-state index in [4.69, 9.17) is 9.82 Å². The van der Waals surface area contributed by atoms with Crippen molar-refractivity contribution < 1.29 is 14.7 Å². The van der Waals surface area contributed by atoms with E-state index in [2.05, 4.69) is 4.99 Å². The van der Waals surface area contributed by atoms with E-state index in [1.807, 2.05) is 45.2 Å². The van der Waals surface area contributed by atoms with Crippen molar-refractivity contribution in [1.29, 1.82) is 0 Å². The smallest absolute Gasteiger partial charge is 0.239 e. The van der Waals surface area contributed by atoms with E-state index in [9.17, 15) is 9.90 Å². The van der Waals surface area contributed by atoms with Crippen molar-refractivity contribution in [3.05, 3.63) is 40.6 Å². The second-order valence-electron chi connectivity index (χ2n) is 7.06. The van der Waals surface area contributed by atoms with Crippen molar-refractivity contribution >= 4 is 40.4 Å². The van der Waals surface area contributed by atoms with Gasteiger partial charge in [-0.05, 0) is 45.9 Å². The number of amides is 1. The highest BCUT2D eigenvalue weighted by molar-refractivity contribution is 7.17. The Morgan fingerprint density at radius 1 is 1.29 bits per heavy atom. The van der Waals surface area contributed by atoms with Crippen LogP contribution in [0.3, 0.4) is 0 Å². The maximum Gasteiger partial charge on any atom is 0.239 e. The number of hydrogen-bond donors (Lipinski definition) is 1. The van der Waals surface area contributed by atoms with Gasteiger partial charge in [0, 0.05) is 21.4 Å². The number of phenolic OH excluding ortho intramolecular Hbond substituents is 1. The Morgan fingerprint density at radius 3 is 2.75 bits per heavy atom. The molecule has 0 unspecified atom stereocenters. The molecule has 2 aromatic heterocycles. The van der Waals surface area contributed by atoms with Gasteiger partial charge in [0.05, 0.1) is 11.3 Å². The number of aromatic nitrogens is 1. The molecule has 6 nitrogen and oxygen atoms in total. The van der Waals surface area contributed by atoms with E-state index in [1.165, 1.54) is 29.0 Å². The summed E-state index contributed by atoms with van der Waals surface area (Å²) in [5.74, 6) is 0.215. The van der Waals surface area contributed by atoms with Gasteiger partial charge < -0.3 is 5.11 Å². The van der Waals surface area contributed by atoms with Crippen molar-refractivity contribution in [2.45, 2.75) is 33.3 Å². The molecule has 1 N–H and O–H groups in total. The molecule has 0 aliphatic rings. The Kier molecular flexibility index (Phi) is 5.93. The van der Waals surface area contributed by atoms with Crippen molar-refractivity contribution in [1.82, 2.24) is 10.0 Å². The fraction of sp³-hybridized carbons (Fsp3) is 0.250. The molecule has 146 valence electrons. The zero-order valence-electron chi connectivity index (χ0n) is 16.0. The fourth-order valence-corrected chi connectivity index (χ4v) is 4.26. The van der Waals surface area contributed by atoms with Gasteiger partial charge in [-0.15, -0.1) is 22.7 Å². The van der Waals surface area contributed by atoms with Gasteiger partial charge in [0.2, 0.25) is 6.41 Å². The molecule has 1 amide bonds. The standard InChI is InChI=1S/C20H21N3O3S2/c1-13-16(9-18(28-13)21-11-23(12-24)26-20(2,3)4)19-22-17(10-27-19)14-6-5-7-15(25)8-14/h5-12,25H,1-4H3. The Bertz CT molecular complexity index is 1000. The van der Waals surface area contributed by atoms with Crippen LogP contribution in [-0.4, -0.2) is 33.5 Å². The van der Waals surface area contributed by atoms with E-state index in [0.29, 0.717) is 6.41 Å². The van der Waals surface area contributed by atoms with Crippen molar-refractivity contribution in [3.63, 3.8) is 0 Å². The summed E-state index contributed by atoms with van der Waals surface area (Å²) in [6.07, 6.45) is 1.95. The molecule has 0 spiro atoms. The molecule has 0 aliphatic carbocycles. The molecule has 3 rings (SSSR count). The number of nitrogens with zero attached hydrogens (tertiary/aromatic N) is 3. The first-order valence-corrected chi connectivity index (χ1v) is 10.3. The lowest BCUT2D eigenvalue weighted by molar-refractivity contribution is -0.181. The van der Waals surface area contributed by atoms with Gasteiger partial charge >= 0.3 is 0 Å². The molecule has 2 heterocycles. The molecule has 0 radical (unpaired) electrons. The number of benzene rings is 1. The van der Waals surface area contributed by atoms with Crippen LogP contribution < -0.4 is 0 Å². The summed E-state index contributed by atoms with van der Waals surface area (Å²) in [5.41, 5.74) is 2.20. The quantitative estimate of drug-likeness (QED) is 0.253. The molecule has 0 saturated heterocycles. The summed E-state index contributed by atoms with van der Waals surface area (Å²) in [5, 5.41) is 14.3. The minimum atomic E-state index is -0.493. The number of thiazole rings is 1. The zero-order valence-corrected chi connectivity index (χ0v) is 17.7. The number of carbonyl (C=O) groups excluding carboxylic acids is 1. The lowest BCUT2D eigenvalue weighted by Gasteiger charge is -2.23. The highest BCUT2D eigenvalue weighted by Gasteiger charge is 2.16. The van der Waals surface area contributed by atoms with Gasteiger partial charge in [0.1, 0.15) is 22.1 Å². The third kappa shape index (κ3) is 5.03. The molecule has 1 aromatic carbocycles. The molecule has 28 heavy (non-hydrogen) atoms. The first-order valence-electron chi connectivity index (χ1n) is 8.58. The van der Waals surface area contributed by atoms with E-state index < -0.39 is 5.60 Å². The third-order valence-corrected chi connectivity index (χ3v) is 5.40. The highest BCUT2D eigenvalue weighted by Crippen LogP contribution is 2.38. The van der Waals surface area contributed by atoms with Gasteiger partial charge in [-0.1, -0.05) is 12.1 Å². The van der Waals surface area contributed by atoms with E-state index in [-0.39, 0.29) is 5.75 Å². The second-order valence-corrected chi connectivity index (χ2v) is 9.15. The number of rotatable bonds is 6. The minimum Gasteiger partial charge on any atom is -0.508 e. The number of hydrogen-bond acceptors (Lipinski definition) is 7. The Hall–Kier alpha value is -2.55. The van der Waals surface area contributed by atoms with Gasteiger partial charge in [0.25, 0.3) is 0 Å². The number of hydroxylamine groups is 2. The largest absolute Gasteiger partial charge is 0.508 e. The summed E-state index contributed by atoms with van der Waals surface area (Å²) in [4.78, 5) is 26.8. The van der Waals surface area contributed by atoms with Crippen LogP contribution in [0.4, 0.5) is 5.00 Å². The van der Waals surface area contributed by atoms with Crippen LogP contribution in [0.1, 0.15) is 25.6 Å². The van der Waals surface area contributed by atoms with Crippen LogP contribution in [0.25, 0.3) is 21.8 Å². The summed E-state index contributed by atoms with van der Waals surface area (Å²) >= 11 is 3.06. The highest BCUT2D eigenvalue weighted by atomic mass is 32.1. The Labute approximate surface area is 171 Å². The lowest BCUT2D eigenvalue weighted by atomic mass is 10.1. The van der Waals surface area contributed by atoms with Crippen LogP contribution in [0.15, 0.2) is 40.7 Å². The van der Waals surface area contributed by atoms with Crippen molar-refractivity contribution in [2.75, 3.05) is 0 Å². The maximum absolute atomic E-state index is 11.1. The van der Waals surface area contributed by atoms with Gasteiger partial charge in [-0.3, -0.25) is 9.63 Å². The number of aliphatic imine (C=N–C) groups is 1. The molecule has 0 saturated carbocycles. The molecule has 0 bridgehead atoms. The average Bonchev–Trinajstić information content (AvgIpc) is 3.24. The number of aromatic hydroxyl groups is 1. The summed E-state index contributed by atoms with van der Waals surface area (Å²) in [6.45, 7) is 7.59. The predicted molar refractivity (Wildman–Crippen MR) is 114 cm³/mol. The molecule has 0 aliphatic heterocycles. The number of carbonyl (C=O) groups is 1.